The van der Waals surface area contributed by atoms with Gasteiger partial charge in [-0.25, -0.2) is 0 Å². The molecule has 1 aliphatic rings. The van der Waals surface area contributed by atoms with E-state index in [2.05, 4.69) is 10.5 Å². The van der Waals surface area contributed by atoms with Gasteiger partial charge < -0.3 is 14.6 Å². The normalized spacial score (nSPS) is 25.0. The van der Waals surface area contributed by atoms with Gasteiger partial charge in [0.25, 0.3) is 5.69 Å². The van der Waals surface area contributed by atoms with E-state index in [0.717, 1.165) is 0 Å². The molecule has 1 fully saturated rings. The van der Waals surface area contributed by atoms with E-state index in [0.29, 0.717) is 17.0 Å². The number of nitrogens with zero attached hydrogens (tertiary/aromatic N) is 2. The van der Waals surface area contributed by atoms with Crippen LogP contribution in [0.2, 0.25) is 0 Å². The molecule has 0 amide bonds. The highest BCUT2D eigenvalue weighted by Gasteiger charge is 2.56. The Morgan fingerprint density at radius 3 is 2.26 bits per heavy atom. The highest BCUT2D eigenvalue weighted by molar-refractivity contribution is 6.06. The van der Waals surface area contributed by atoms with E-state index >= 15 is 0 Å². The number of benzene rings is 2. The lowest BCUT2D eigenvalue weighted by molar-refractivity contribution is -0.384. The Morgan fingerprint density at radius 2 is 1.69 bits per heavy atom. The van der Waals surface area contributed by atoms with Crippen molar-refractivity contribution in [1.29, 1.82) is 0 Å². The first-order valence-electron chi connectivity index (χ1n) is 11.4. The number of carbonyl (C=O) groups is 2. The second-order valence-electron chi connectivity index (χ2n) is 8.45. The van der Waals surface area contributed by atoms with Crippen LogP contribution in [-0.4, -0.2) is 46.5 Å². The molecular weight excluding hydrogens is 454 g/mol. The Hall–Kier alpha value is -3.79. The van der Waals surface area contributed by atoms with Gasteiger partial charge in [-0.2, -0.15) is 5.10 Å². The van der Waals surface area contributed by atoms with Crippen LogP contribution in [0.1, 0.15) is 38.7 Å². The molecule has 35 heavy (non-hydrogen) atoms. The first kappa shape index (κ1) is 25.8. The predicted octanol–water partition coefficient (Wildman–Crippen LogP) is 3.66. The monoisotopic (exact) mass is 483 g/mol. The number of anilines is 1. The van der Waals surface area contributed by atoms with E-state index in [4.69, 9.17) is 9.47 Å². The molecule has 2 aromatic rings. The van der Waals surface area contributed by atoms with Crippen LogP contribution in [0, 0.1) is 22.0 Å². The van der Waals surface area contributed by atoms with Gasteiger partial charge in [-0.05, 0) is 38.5 Å². The molecule has 1 saturated carbocycles. The first-order chi connectivity index (χ1) is 16.7. The van der Waals surface area contributed by atoms with Gasteiger partial charge in [-0.3, -0.25) is 25.1 Å². The summed E-state index contributed by atoms with van der Waals surface area (Å²) < 4.78 is 10.6. The second-order valence-corrected chi connectivity index (χ2v) is 8.45. The number of esters is 2. The van der Waals surface area contributed by atoms with E-state index in [9.17, 15) is 24.8 Å². The smallest absolute Gasteiger partial charge is 0.315 e. The third kappa shape index (κ3) is 5.83. The van der Waals surface area contributed by atoms with Crippen LogP contribution >= 0.6 is 0 Å². The number of nitro benzene ring substituents is 1. The highest BCUT2D eigenvalue weighted by Crippen LogP contribution is 2.47. The largest absolute Gasteiger partial charge is 0.466 e. The molecule has 0 unspecified atom stereocenters. The number of rotatable bonds is 8. The van der Waals surface area contributed by atoms with Crippen molar-refractivity contribution < 1.29 is 29.1 Å². The van der Waals surface area contributed by atoms with Crippen LogP contribution in [0.15, 0.2) is 59.7 Å². The van der Waals surface area contributed by atoms with Crippen LogP contribution in [0.3, 0.4) is 0 Å². The number of non-ortho nitro benzene ring substituents is 1. The van der Waals surface area contributed by atoms with Crippen molar-refractivity contribution >= 4 is 29.0 Å². The predicted molar refractivity (Wildman–Crippen MR) is 129 cm³/mol. The van der Waals surface area contributed by atoms with Crippen molar-refractivity contribution in [3.8, 4) is 0 Å². The zero-order valence-corrected chi connectivity index (χ0v) is 19.8. The van der Waals surface area contributed by atoms with Crippen LogP contribution in [0.25, 0.3) is 0 Å². The van der Waals surface area contributed by atoms with Crippen LogP contribution in [0.4, 0.5) is 11.4 Å². The van der Waals surface area contributed by atoms with Crippen molar-refractivity contribution in [2.45, 2.75) is 38.7 Å². The number of hydrogen-bond donors (Lipinski definition) is 2. The minimum Gasteiger partial charge on any atom is -0.466 e. The molecule has 2 N–H and O–H groups in total. The summed E-state index contributed by atoms with van der Waals surface area (Å²) in [4.78, 5) is 36.7. The number of ether oxygens (including phenoxy) is 2. The van der Waals surface area contributed by atoms with Gasteiger partial charge in [0.2, 0.25) is 0 Å². The molecule has 3 rings (SSSR count). The third-order valence-corrected chi connectivity index (χ3v) is 5.96. The van der Waals surface area contributed by atoms with Gasteiger partial charge >= 0.3 is 11.9 Å². The van der Waals surface area contributed by atoms with Crippen molar-refractivity contribution in [3.05, 3.63) is 70.3 Å². The maximum Gasteiger partial charge on any atom is 0.315 e. The minimum absolute atomic E-state index is 0.0744. The second kappa shape index (κ2) is 11.1. The summed E-state index contributed by atoms with van der Waals surface area (Å²) in [7, 11) is 0. The molecule has 0 bridgehead atoms. The molecule has 10 nitrogen and oxygen atoms in total. The Balaban J connectivity index is 2.09. The van der Waals surface area contributed by atoms with E-state index in [-0.39, 0.29) is 25.3 Å². The molecule has 2 aromatic carbocycles. The summed E-state index contributed by atoms with van der Waals surface area (Å²) in [6, 6.07) is 14.6. The highest BCUT2D eigenvalue weighted by atomic mass is 16.6. The fraction of sp³-hybridized carbons (Fsp3) is 0.400. The van der Waals surface area contributed by atoms with Crippen LogP contribution < -0.4 is 5.43 Å². The maximum atomic E-state index is 13.2. The summed E-state index contributed by atoms with van der Waals surface area (Å²) in [6.45, 7) is 5.13. The topological polar surface area (TPSA) is 140 Å². The lowest BCUT2D eigenvalue weighted by atomic mass is 9.61. The van der Waals surface area contributed by atoms with Gasteiger partial charge in [0.1, 0.15) is 5.92 Å². The maximum absolute atomic E-state index is 13.2. The molecule has 0 aliphatic heterocycles. The van der Waals surface area contributed by atoms with Crippen LogP contribution in [-0.2, 0) is 19.1 Å². The van der Waals surface area contributed by atoms with E-state index in [1.807, 2.05) is 6.07 Å². The number of nitrogens with one attached hydrogen (secondary N) is 1. The molecule has 10 heteroatoms. The Bertz CT molecular complexity index is 1080. The van der Waals surface area contributed by atoms with E-state index in [1.165, 1.54) is 31.2 Å². The molecule has 0 aromatic heterocycles. The average Bonchev–Trinajstić information content (AvgIpc) is 2.82. The zero-order valence-electron chi connectivity index (χ0n) is 19.8. The molecule has 1 aliphatic carbocycles. The standard InChI is InChI=1S/C25H29N3O7/c1-4-34-23(29)21-19(27-26-17-11-13-18(14-12-17)28(32)33)15-25(3,31)22(24(30)35-5-2)20(21)16-9-7-6-8-10-16/h6-14,20-22,26,31H,4-5,15H2,1-3H3/t20-,21-,22-,25+/m1/s1. The summed E-state index contributed by atoms with van der Waals surface area (Å²) in [6.07, 6.45) is -0.0940. The van der Waals surface area contributed by atoms with Crippen LogP contribution in [0.5, 0.6) is 0 Å². The molecule has 4 atom stereocenters. The van der Waals surface area contributed by atoms with Crippen molar-refractivity contribution in [1.82, 2.24) is 0 Å². The summed E-state index contributed by atoms with van der Waals surface area (Å²) in [5.74, 6) is -4.00. The number of aliphatic hydroxyl groups is 1. The van der Waals surface area contributed by atoms with Crippen molar-refractivity contribution in [3.63, 3.8) is 0 Å². The summed E-state index contributed by atoms with van der Waals surface area (Å²) in [5, 5.41) is 26.7. The SMILES string of the molecule is CCOC(=O)[C@@H]1C(=NNc2ccc([N+](=O)[O-])cc2)C[C@](C)(O)[C@@H](C(=O)OCC)[C@@H]1c1ccccc1. The zero-order chi connectivity index (χ0) is 25.6. The molecular formula is C25H29N3O7. The molecule has 0 radical (unpaired) electrons. The van der Waals surface area contributed by atoms with Gasteiger partial charge in [0.15, 0.2) is 0 Å². The minimum atomic E-state index is -1.58. The fourth-order valence-corrected chi connectivity index (χ4v) is 4.48. The lowest BCUT2D eigenvalue weighted by Gasteiger charge is -2.45. The number of carbonyl (C=O) groups excluding carboxylic acids is 2. The number of hydrazone groups is 1. The Labute approximate surface area is 203 Å². The average molecular weight is 484 g/mol. The summed E-state index contributed by atoms with van der Waals surface area (Å²) >= 11 is 0. The molecule has 0 saturated heterocycles. The van der Waals surface area contributed by atoms with Gasteiger partial charge in [-0.1, -0.05) is 30.3 Å². The van der Waals surface area contributed by atoms with E-state index in [1.54, 1.807) is 38.1 Å². The third-order valence-electron chi connectivity index (χ3n) is 5.96. The molecule has 0 heterocycles. The van der Waals surface area contributed by atoms with Crippen molar-refractivity contribution in [2.75, 3.05) is 18.6 Å². The first-order valence-corrected chi connectivity index (χ1v) is 11.4. The van der Waals surface area contributed by atoms with E-state index < -0.39 is 40.2 Å². The van der Waals surface area contributed by atoms with Gasteiger partial charge in [0.05, 0.1) is 41.1 Å². The van der Waals surface area contributed by atoms with Crippen molar-refractivity contribution in [2.24, 2.45) is 16.9 Å². The summed E-state index contributed by atoms with van der Waals surface area (Å²) in [5.41, 5.74) is 2.57. The quantitative estimate of drug-likeness (QED) is 0.329. The lowest BCUT2D eigenvalue weighted by Crippen LogP contribution is -2.55. The molecule has 0 spiro atoms. The fourth-order valence-electron chi connectivity index (χ4n) is 4.48. The number of hydrogen-bond acceptors (Lipinski definition) is 9. The van der Waals surface area contributed by atoms with Gasteiger partial charge in [-0.15, -0.1) is 0 Å². The van der Waals surface area contributed by atoms with Gasteiger partial charge in [0, 0.05) is 24.5 Å². The number of nitro groups is 1. The molecule has 186 valence electrons. The Kier molecular flexibility index (Phi) is 8.18. The Morgan fingerprint density at radius 1 is 1.09 bits per heavy atom.